The number of para-hydroxylation sites is 3. The minimum Gasteiger partial charge on any atom is -0.509 e. The van der Waals surface area contributed by atoms with E-state index in [2.05, 4.69) is 229 Å². The second-order valence-electron chi connectivity index (χ2n) is 22.3. The molecule has 4 heterocycles. The van der Waals surface area contributed by atoms with Crippen molar-refractivity contribution in [3.8, 4) is 39.6 Å². The maximum absolute atomic E-state index is 6.74. The summed E-state index contributed by atoms with van der Waals surface area (Å²) in [5.74, 6) is 2.01. The van der Waals surface area contributed by atoms with Gasteiger partial charge in [0, 0.05) is 72.1 Å². The van der Waals surface area contributed by atoms with Crippen LogP contribution in [-0.4, -0.2) is 9.55 Å². The van der Waals surface area contributed by atoms with E-state index in [-0.39, 0.29) is 37.3 Å². The van der Waals surface area contributed by atoms with Crippen molar-refractivity contribution in [1.29, 1.82) is 0 Å². The average Bonchev–Trinajstić information content (AvgIpc) is 4.05. The van der Waals surface area contributed by atoms with Crippen LogP contribution in [0.25, 0.3) is 71.8 Å². The fraction of sp³-hybridized carbons (Fsp3) is 0.182. The molecule has 0 N–H and O–H groups in total. The van der Waals surface area contributed by atoms with E-state index >= 15 is 0 Å². The van der Waals surface area contributed by atoms with E-state index in [1.165, 1.54) is 16.7 Å². The first-order valence-electron chi connectivity index (χ1n) is 24.9. The van der Waals surface area contributed by atoms with Crippen LogP contribution >= 0.6 is 0 Å². The van der Waals surface area contributed by atoms with Crippen molar-refractivity contribution in [3.63, 3.8) is 0 Å². The molecule has 1 aliphatic heterocycles. The first-order valence-corrected chi connectivity index (χ1v) is 24.9. The molecule has 6 nitrogen and oxygen atoms in total. The van der Waals surface area contributed by atoms with Gasteiger partial charge >= 0.3 is 0 Å². The van der Waals surface area contributed by atoms with Crippen LogP contribution in [0.1, 0.15) is 79.0 Å². The molecule has 0 bridgehead atoms. The van der Waals surface area contributed by atoms with Crippen LogP contribution in [0.4, 0.5) is 22.7 Å². The molecule has 0 amide bonds. The Kier molecular flexibility index (Phi) is 11.8. The monoisotopic (exact) mass is 1130 g/mol. The minimum absolute atomic E-state index is 0. The summed E-state index contributed by atoms with van der Waals surface area (Å²) in [7, 11) is 0. The Bertz CT molecular complexity index is 3870. The summed E-state index contributed by atoms with van der Waals surface area (Å²) in [6.07, 6.45) is 1.91. The van der Waals surface area contributed by atoms with E-state index in [0.29, 0.717) is 11.5 Å². The van der Waals surface area contributed by atoms with E-state index in [1.54, 1.807) is 0 Å². The van der Waals surface area contributed by atoms with Gasteiger partial charge in [-0.05, 0) is 115 Å². The Morgan fingerprint density at radius 3 is 1.89 bits per heavy atom. The Hall–Kier alpha value is -7.40. The molecule has 0 aliphatic carbocycles. The summed E-state index contributed by atoms with van der Waals surface area (Å²) >= 11 is 0. The van der Waals surface area contributed by atoms with Gasteiger partial charge in [-0.1, -0.05) is 153 Å². The molecular weight excluding hydrogens is 1080 g/mol. The summed E-state index contributed by atoms with van der Waals surface area (Å²) in [4.78, 5) is 9.48. The van der Waals surface area contributed by atoms with Gasteiger partial charge in [-0.2, -0.15) is 12.1 Å². The van der Waals surface area contributed by atoms with Crippen LogP contribution in [0.15, 0.2) is 180 Å². The predicted molar refractivity (Wildman–Crippen MR) is 298 cm³/mol. The number of nitrogens with zero attached hydrogens (tertiary/aromatic N) is 4. The Balaban J connectivity index is 0.00000574. The molecule has 0 radical (unpaired) electrons. The Morgan fingerprint density at radius 2 is 1.15 bits per heavy atom. The molecule has 366 valence electrons. The molecule has 73 heavy (non-hydrogen) atoms. The summed E-state index contributed by atoms with van der Waals surface area (Å²) < 4.78 is 15.2. The van der Waals surface area contributed by atoms with Crippen LogP contribution in [0.2, 0.25) is 0 Å². The maximum atomic E-state index is 6.74. The number of fused-ring (bicyclic) bond motifs is 7. The number of hydrogen-bond donors (Lipinski definition) is 0. The van der Waals surface area contributed by atoms with Crippen LogP contribution < -0.4 is 14.5 Å². The van der Waals surface area contributed by atoms with Gasteiger partial charge in [0.15, 0.2) is 0 Å². The van der Waals surface area contributed by atoms with Crippen molar-refractivity contribution in [1.82, 2.24) is 9.55 Å². The molecule has 0 unspecified atom stereocenters. The summed E-state index contributed by atoms with van der Waals surface area (Å²) in [5, 5.41) is 4.43. The van der Waals surface area contributed by atoms with Gasteiger partial charge in [0.25, 0.3) is 0 Å². The fourth-order valence-electron chi connectivity index (χ4n) is 10.1. The molecule has 0 spiro atoms. The van der Waals surface area contributed by atoms with Crippen LogP contribution in [0.3, 0.4) is 0 Å². The molecule has 0 saturated heterocycles. The molecule has 0 fully saturated rings. The first-order chi connectivity index (χ1) is 34.5. The zero-order valence-electron chi connectivity index (χ0n) is 42.7. The molecule has 7 heteroatoms. The number of aromatic nitrogens is 2. The predicted octanol–water partition coefficient (Wildman–Crippen LogP) is 18.1. The summed E-state index contributed by atoms with van der Waals surface area (Å²) in [5.41, 5.74) is 16.2. The number of ether oxygens (including phenoxy) is 1. The third-order valence-corrected chi connectivity index (χ3v) is 14.2. The molecule has 0 saturated carbocycles. The summed E-state index contributed by atoms with van der Waals surface area (Å²) in [6.45, 7) is 22.6. The van der Waals surface area contributed by atoms with Gasteiger partial charge in [-0.15, -0.1) is 48.1 Å². The van der Waals surface area contributed by atoms with Gasteiger partial charge in [-0.25, -0.2) is 4.98 Å². The van der Waals surface area contributed by atoms with Crippen molar-refractivity contribution in [2.45, 2.75) is 78.6 Å². The quantitative estimate of drug-likeness (QED) is 0.149. The van der Waals surface area contributed by atoms with Crippen molar-refractivity contribution >= 4 is 66.5 Å². The van der Waals surface area contributed by atoms with Gasteiger partial charge in [0.1, 0.15) is 17.0 Å². The summed E-state index contributed by atoms with van der Waals surface area (Å²) in [6, 6.07) is 67.6. The number of benzene rings is 8. The average molecular weight is 1130 g/mol. The van der Waals surface area contributed by atoms with Crippen molar-refractivity contribution in [2.75, 3.05) is 9.80 Å². The largest absolute Gasteiger partial charge is 0.509 e. The van der Waals surface area contributed by atoms with Gasteiger partial charge in [-0.3, -0.25) is 0 Å². The van der Waals surface area contributed by atoms with E-state index < -0.39 is 0 Å². The molecule has 12 rings (SSSR count). The van der Waals surface area contributed by atoms with Gasteiger partial charge in [0.2, 0.25) is 0 Å². The van der Waals surface area contributed by atoms with E-state index in [9.17, 15) is 0 Å². The SMILES string of the molecule is CC(C)(C)c1cc(N2[CH-]N(c3[c-]c(Oc4[c-]c5c(cc4)c4cc(-c6ccc(-c7cccc8oc9ccccc9c78)cc6)ccc4n5-c4cc(C(C)(C)C)ccn4)ccc3)c3ccccc32)cc(C(C)(C)C)c1.[Pt]. The smallest absolute Gasteiger partial charge is 0.136 e. The van der Waals surface area contributed by atoms with Crippen LogP contribution in [0.5, 0.6) is 11.5 Å². The zero-order valence-corrected chi connectivity index (χ0v) is 45.0. The van der Waals surface area contributed by atoms with E-state index in [4.69, 9.17) is 14.1 Å². The second-order valence-corrected chi connectivity index (χ2v) is 22.3. The Labute approximate surface area is 443 Å². The molecule has 3 aromatic heterocycles. The second kappa shape index (κ2) is 18.0. The number of anilines is 4. The fourth-order valence-corrected chi connectivity index (χ4v) is 10.1. The number of rotatable bonds is 7. The standard InChI is InChI=1S/C66H57N4O2.Pt/c1-64(2,3)45-32-33-67-62(38-45)70-56-31-28-44(42-24-26-43(27-25-42)52-19-15-23-61-63(52)54-18-10-13-22-60(54)72-61)34-55(56)53-30-29-51(40-59(53)70)71-50-17-14-16-48(39-50)68-41-69(58-21-12-11-20-57(58)68)49-36-46(65(4,5)6)35-47(37-49)66(7,8)9;/h10-38,41H,1-9H3;/q-3;. The van der Waals surface area contributed by atoms with Crippen LogP contribution in [-0.2, 0) is 37.3 Å². The van der Waals surface area contributed by atoms with E-state index in [1.807, 2.05) is 42.6 Å². The number of furan rings is 1. The van der Waals surface area contributed by atoms with Crippen molar-refractivity contribution in [2.24, 2.45) is 0 Å². The number of hydrogen-bond acceptors (Lipinski definition) is 5. The Morgan fingerprint density at radius 1 is 0.507 bits per heavy atom. The topological polar surface area (TPSA) is 46.7 Å². The molecule has 11 aromatic rings. The molecular formula is C66H57N4O2Pt-3. The number of pyridine rings is 1. The van der Waals surface area contributed by atoms with Gasteiger partial charge < -0.3 is 23.5 Å². The third kappa shape index (κ3) is 8.70. The molecule has 1 aliphatic rings. The molecule has 8 aromatic carbocycles. The minimum atomic E-state index is -0.0685. The first kappa shape index (κ1) is 47.9. The molecule has 0 atom stereocenters. The van der Waals surface area contributed by atoms with E-state index in [0.717, 1.165) is 94.6 Å². The maximum Gasteiger partial charge on any atom is 0.136 e. The zero-order chi connectivity index (χ0) is 49.7. The van der Waals surface area contributed by atoms with Crippen LogP contribution in [0, 0.1) is 18.8 Å². The third-order valence-electron chi connectivity index (χ3n) is 14.2. The van der Waals surface area contributed by atoms with Crippen molar-refractivity contribution in [3.05, 3.63) is 212 Å². The van der Waals surface area contributed by atoms with Gasteiger partial charge in [0.05, 0.1) is 0 Å². The normalized spacial score (nSPS) is 13.1. The van der Waals surface area contributed by atoms with Crippen molar-refractivity contribution < 1.29 is 30.2 Å².